The van der Waals surface area contributed by atoms with Crippen LogP contribution in [-0.4, -0.2) is 101 Å². The Hall–Kier alpha value is -3.85. The minimum atomic E-state index is -3.88. The number of benzene rings is 1. The Kier molecular flexibility index (Phi) is 11.9. The van der Waals surface area contributed by atoms with Gasteiger partial charge in [-0.3, -0.25) is 14.6 Å². The number of aromatic nitrogens is 3. The van der Waals surface area contributed by atoms with Crippen LogP contribution in [0.2, 0.25) is 0 Å². The van der Waals surface area contributed by atoms with Crippen molar-refractivity contribution >= 4 is 27.5 Å². The maximum absolute atomic E-state index is 14.3. The summed E-state index contributed by atoms with van der Waals surface area (Å²) in [5.41, 5.74) is 1.05. The number of amides is 2. The van der Waals surface area contributed by atoms with Crippen molar-refractivity contribution in [2.24, 2.45) is 13.0 Å². The summed E-state index contributed by atoms with van der Waals surface area (Å²) in [6, 6.07) is 7.54. The van der Waals surface area contributed by atoms with E-state index in [1.54, 1.807) is 53.8 Å². The predicted molar refractivity (Wildman–Crippen MR) is 172 cm³/mol. The first kappa shape index (κ1) is 35.0. The van der Waals surface area contributed by atoms with Gasteiger partial charge in [-0.1, -0.05) is 6.92 Å². The molecule has 14 heteroatoms. The number of anilines is 1. The van der Waals surface area contributed by atoms with Crippen molar-refractivity contribution in [2.75, 3.05) is 38.7 Å². The Morgan fingerprint density at radius 2 is 1.93 bits per heavy atom. The third-order valence-electron chi connectivity index (χ3n) is 8.04. The highest BCUT2D eigenvalue weighted by atomic mass is 32.2. The van der Waals surface area contributed by atoms with Crippen LogP contribution in [0.15, 0.2) is 60.3 Å². The summed E-state index contributed by atoms with van der Waals surface area (Å²) in [6.07, 6.45) is 7.36. The van der Waals surface area contributed by atoms with Gasteiger partial charge in [-0.15, -0.1) is 0 Å². The number of rotatable bonds is 8. The lowest BCUT2D eigenvalue weighted by molar-refractivity contribution is -0.00835. The van der Waals surface area contributed by atoms with Crippen LogP contribution in [0.5, 0.6) is 5.75 Å². The number of pyridine rings is 1. The highest BCUT2D eigenvalue weighted by Crippen LogP contribution is 2.29. The molecule has 13 nitrogen and oxygen atoms in total. The van der Waals surface area contributed by atoms with Gasteiger partial charge < -0.3 is 29.4 Å². The Labute approximate surface area is 270 Å². The van der Waals surface area contributed by atoms with E-state index in [1.165, 1.54) is 36.3 Å². The molecule has 3 heterocycles. The minimum Gasteiger partial charge on any atom is -0.490 e. The van der Waals surface area contributed by atoms with Crippen LogP contribution in [0.3, 0.4) is 0 Å². The summed E-state index contributed by atoms with van der Waals surface area (Å²) in [6.45, 7) is 5.86. The molecule has 0 radical (unpaired) electrons. The lowest BCUT2D eigenvalue weighted by atomic mass is 10.0. The van der Waals surface area contributed by atoms with Gasteiger partial charge in [0.15, 0.2) is 5.03 Å². The molecule has 2 amide bonds. The minimum absolute atomic E-state index is 0.0386. The van der Waals surface area contributed by atoms with E-state index >= 15 is 0 Å². The predicted octanol–water partition coefficient (Wildman–Crippen LogP) is 3.18. The normalized spacial score (nSPS) is 20.8. The van der Waals surface area contributed by atoms with Gasteiger partial charge >= 0.3 is 0 Å². The van der Waals surface area contributed by atoms with E-state index in [-0.39, 0.29) is 48.2 Å². The lowest BCUT2D eigenvalue weighted by Gasteiger charge is -2.35. The molecule has 46 heavy (non-hydrogen) atoms. The zero-order valence-electron chi connectivity index (χ0n) is 27.0. The zero-order chi connectivity index (χ0) is 33.4. The Morgan fingerprint density at radius 1 is 1.20 bits per heavy atom. The van der Waals surface area contributed by atoms with Crippen molar-refractivity contribution in [3.63, 3.8) is 0 Å². The second-order valence-electron chi connectivity index (χ2n) is 11.9. The molecule has 2 aromatic heterocycles. The second kappa shape index (κ2) is 15.6. The van der Waals surface area contributed by atoms with Gasteiger partial charge in [0.1, 0.15) is 5.75 Å². The van der Waals surface area contributed by atoms with Gasteiger partial charge in [0.2, 0.25) is 0 Å². The fraction of sp³-hybridized carbons (Fsp3) is 0.500. The molecule has 0 spiro atoms. The molecule has 0 saturated heterocycles. The summed E-state index contributed by atoms with van der Waals surface area (Å²) >= 11 is 0. The summed E-state index contributed by atoms with van der Waals surface area (Å²) in [5.74, 6) is -0.724. The van der Waals surface area contributed by atoms with Gasteiger partial charge in [-0.25, -0.2) is 13.4 Å². The molecule has 2 N–H and O–H groups in total. The highest BCUT2D eigenvalue weighted by Gasteiger charge is 2.33. The summed E-state index contributed by atoms with van der Waals surface area (Å²) < 4.78 is 41.9. The Morgan fingerprint density at radius 3 is 2.61 bits per heavy atom. The SMILES string of the molecule is C[C@@H]1CCCCO[C@@H](CN(C)S(=O)(=O)c2cn(C)cn2)[C@H](C)CN([C@@H](C)CO)C(=O)c2cc(NC(=O)c3ccncc3)ccc2O1. The first-order valence-corrected chi connectivity index (χ1v) is 16.8. The van der Waals surface area contributed by atoms with Gasteiger partial charge in [-0.05, 0) is 63.4 Å². The molecule has 4 atom stereocenters. The number of ether oxygens (including phenoxy) is 2. The van der Waals surface area contributed by atoms with Gasteiger partial charge in [0, 0.05) is 69.6 Å². The molecule has 0 fully saturated rings. The number of hydrogen-bond donors (Lipinski definition) is 2. The molecule has 3 aromatic rings. The van der Waals surface area contributed by atoms with E-state index < -0.39 is 28.1 Å². The van der Waals surface area contributed by atoms with E-state index in [2.05, 4.69) is 15.3 Å². The summed E-state index contributed by atoms with van der Waals surface area (Å²) in [4.78, 5) is 36.7. The molecule has 1 aliphatic rings. The molecule has 1 aliphatic heterocycles. The van der Waals surface area contributed by atoms with E-state index in [0.717, 1.165) is 12.8 Å². The van der Waals surface area contributed by atoms with Crippen molar-refractivity contribution in [3.05, 3.63) is 66.4 Å². The van der Waals surface area contributed by atoms with Crippen LogP contribution in [0.25, 0.3) is 0 Å². The van der Waals surface area contributed by atoms with Crippen LogP contribution in [-0.2, 0) is 21.8 Å². The third kappa shape index (κ3) is 8.69. The molecule has 0 saturated carbocycles. The van der Waals surface area contributed by atoms with Crippen LogP contribution in [0.1, 0.15) is 60.7 Å². The number of hydrogen-bond acceptors (Lipinski definition) is 9. The van der Waals surface area contributed by atoms with E-state index in [4.69, 9.17) is 9.47 Å². The number of aliphatic hydroxyl groups is 1. The Bertz CT molecular complexity index is 1580. The number of fused-ring (bicyclic) bond motifs is 1. The average molecular weight is 657 g/mol. The van der Waals surface area contributed by atoms with E-state index in [9.17, 15) is 23.1 Å². The van der Waals surface area contributed by atoms with Crippen LogP contribution < -0.4 is 10.1 Å². The number of nitrogens with one attached hydrogen (secondary N) is 1. The molecule has 0 unspecified atom stereocenters. The quantitative estimate of drug-likeness (QED) is 0.372. The fourth-order valence-electron chi connectivity index (χ4n) is 5.20. The second-order valence-corrected chi connectivity index (χ2v) is 13.9. The maximum atomic E-state index is 14.3. The van der Waals surface area contributed by atoms with Crippen molar-refractivity contribution in [2.45, 2.75) is 63.3 Å². The largest absolute Gasteiger partial charge is 0.490 e. The van der Waals surface area contributed by atoms with E-state index in [0.29, 0.717) is 30.0 Å². The van der Waals surface area contributed by atoms with Crippen molar-refractivity contribution < 1.29 is 32.6 Å². The number of likely N-dealkylation sites (N-methyl/N-ethyl adjacent to an activating group) is 1. The highest BCUT2D eigenvalue weighted by molar-refractivity contribution is 7.89. The molecule has 250 valence electrons. The topological polar surface area (TPSA) is 156 Å². The molecular formula is C32H44N6O7S. The molecule has 4 rings (SSSR count). The molecule has 1 aromatic carbocycles. The number of aliphatic hydroxyl groups excluding tert-OH is 1. The zero-order valence-corrected chi connectivity index (χ0v) is 27.8. The van der Waals surface area contributed by atoms with Gasteiger partial charge in [-0.2, -0.15) is 4.31 Å². The van der Waals surface area contributed by atoms with E-state index in [1.807, 2.05) is 13.8 Å². The first-order chi connectivity index (χ1) is 21.9. The monoisotopic (exact) mass is 656 g/mol. The number of aryl methyl sites for hydroxylation is 1. The summed E-state index contributed by atoms with van der Waals surface area (Å²) in [7, 11) is -0.696. The smallest absolute Gasteiger partial charge is 0.261 e. The fourth-order valence-corrected chi connectivity index (χ4v) is 6.35. The number of carbonyl (C=O) groups excluding carboxylic acids is 2. The van der Waals surface area contributed by atoms with Crippen molar-refractivity contribution in [3.8, 4) is 5.75 Å². The van der Waals surface area contributed by atoms with Crippen LogP contribution in [0.4, 0.5) is 5.69 Å². The number of imidazole rings is 1. The standard InChI is InChI=1S/C32H44N6O7S/c1-22-17-38(23(2)20-39)32(41)27-16-26(35-31(40)25-11-13-33-14-12-25)9-10-28(27)45-24(3)8-6-7-15-44-29(22)18-37(5)46(42,43)30-19-36(4)21-34-30/h9-14,16,19,21-24,29,39H,6-8,15,17-18,20H2,1-5H3,(H,35,40)/t22-,23+,24-,29+/m1/s1. The van der Waals surface area contributed by atoms with Gasteiger partial charge in [0.25, 0.3) is 21.8 Å². The summed E-state index contributed by atoms with van der Waals surface area (Å²) in [5, 5.41) is 13.0. The maximum Gasteiger partial charge on any atom is 0.261 e. The lowest BCUT2D eigenvalue weighted by Crippen LogP contribution is -2.48. The first-order valence-electron chi connectivity index (χ1n) is 15.4. The van der Waals surface area contributed by atoms with Crippen LogP contribution >= 0.6 is 0 Å². The third-order valence-corrected chi connectivity index (χ3v) is 9.75. The number of nitrogens with zero attached hydrogens (tertiary/aromatic N) is 5. The Balaban J connectivity index is 1.65. The average Bonchev–Trinajstić information content (AvgIpc) is 3.49. The van der Waals surface area contributed by atoms with Crippen molar-refractivity contribution in [1.82, 2.24) is 23.7 Å². The van der Waals surface area contributed by atoms with Crippen LogP contribution in [0, 0.1) is 5.92 Å². The van der Waals surface area contributed by atoms with Gasteiger partial charge in [0.05, 0.1) is 36.7 Å². The molecular weight excluding hydrogens is 612 g/mol. The molecule has 0 aliphatic carbocycles. The number of carbonyl (C=O) groups is 2. The molecule has 0 bridgehead atoms. The number of sulfonamides is 1. The van der Waals surface area contributed by atoms with Crippen molar-refractivity contribution in [1.29, 1.82) is 0 Å².